The molecule has 2 N–H and O–H groups in total. The smallest absolute Gasteiger partial charge is 0.0591 e. The summed E-state index contributed by atoms with van der Waals surface area (Å²) in [6.45, 7) is 7.44. The summed E-state index contributed by atoms with van der Waals surface area (Å²) in [5.41, 5.74) is 0.380. The van der Waals surface area contributed by atoms with Gasteiger partial charge in [-0.3, -0.25) is 0 Å². The van der Waals surface area contributed by atoms with Crippen molar-refractivity contribution < 1.29 is 4.74 Å². The topological polar surface area (TPSA) is 33.3 Å². The summed E-state index contributed by atoms with van der Waals surface area (Å²) < 4.78 is 5.63. The summed E-state index contributed by atoms with van der Waals surface area (Å²) in [4.78, 5) is 0. The van der Waals surface area contributed by atoms with Gasteiger partial charge in [-0.1, -0.05) is 13.3 Å². The molecule has 1 aliphatic heterocycles. The highest BCUT2D eigenvalue weighted by Gasteiger charge is 2.31. The minimum atomic E-state index is 0.380. The number of ether oxygens (including phenoxy) is 1. The van der Waals surface area contributed by atoms with Crippen molar-refractivity contribution in [2.45, 2.75) is 51.0 Å². The summed E-state index contributed by atoms with van der Waals surface area (Å²) >= 11 is 0. The van der Waals surface area contributed by atoms with E-state index < -0.39 is 0 Å². The van der Waals surface area contributed by atoms with Crippen LogP contribution in [0.4, 0.5) is 0 Å². The highest BCUT2D eigenvalue weighted by Crippen LogP contribution is 2.28. The van der Waals surface area contributed by atoms with Crippen LogP contribution in [0, 0.1) is 5.92 Å². The minimum absolute atomic E-state index is 0.380. The van der Waals surface area contributed by atoms with Crippen molar-refractivity contribution in [1.29, 1.82) is 0 Å². The first-order valence-electron chi connectivity index (χ1n) is 7.38. The molecule has 100 valence electrons. The first-order valence-corrected chi connectivity index (χ1v) is 7.38. The Morgan fingerprint density at radius 1 is 1.41 bits per heavy atom. The van der Waals surface area contributed by atoms with Crippen molar-refractivity contribution in [1.82, 2.24) is 10.6 Å². The van der Waals surface area contributed by atoms with Gasteiger partial charge in [-0.05, 0) is 44.6 Å². The van der Waals surface area contributed by atoms with E-state index in [4.69, 9.17) is 4.74 Å². The van der Waals surface area contributed by atoms with Crippen LogP contribution in [0.2, 0.25) is 0 Å². The second kappa shape index (κ2) is 6.72. The fourth-order valence-corrected chi connectivity index (χ4v) is 2.81. The van der Waals surface area contributed by atoms with Gasteiger partial charge in [0.05, 0.1) is 6.61 Å². The van der Waals surface area contributed by atoms with E-state index in [-0.39, 0.29) is 0 Å². The maximum Gasteiger partial charge on any atom is 0.0591 e. The van der Waals surface area contributed by atoms with Crippen LogP contribution < -0.4 is 10.6 Å². The van der Waals surface area contributed by atoms with Gasteiger partial charge in [0.1, 0.15) is 0 Å². The summed E-state index contributed by atoms with van der Waals surface area (Å²) in [7, 11) is 0. The van der Waals surface area contributed by atoms with Crippen molar-refractivity contribution in [3.63, 3.8) is 0 Å². The monoisotopic (exact) mass is 240 g/mol. The van der Waals surface area contributed by atoms with Crippen LogP contribution in [-0.2, 0) is 4.74 Å². The summed E-state index contributed by atoms with van der Waals surface area (Å²) in [5.74, 6) is 0.887. The van der Waals surface area contributed by atoms with Crippen LogP contribution in [0.1, 0.15) is 45.4 Å². The third-order valence-corrected chi connectivity index (χ3v) is 4.00. The minimum Gasteiger partial charge on any atom is -0.380 e. The lowest BCUT2D eigenvalue weighted by molar-refractivity contribution is 0.124. The average Bonchev–Trinajstić information content (AvgIpc) is 3.04. The zero-order valence-corrected chi connectivity index (χ0v) is 11.3. The molecule has 0 aromatic heterocycles. The van der Waals surface area contributed by atoms with E-state index in [9.17, 15) is 0 Å². The average molecular weight is 240 g/mol. The Hall–Kier alpha value is -0.120. The van der Waals surface area contributed by atoms with Gasteiger partial charge in [0.25, 0.3) is 0 Å². The molecule has 1 heterocycles. The SMILES string of the molecule is CCCC1(CNCCOCC2CC2)CCCN1. The Kier molecular flexibility index (Phi) is 5.26. The molecule has 0 spiro atoms. The van der Waals surface area contributed by atoms with E-state index in [1.165, 1.54) is 45.1 Å². The van der Waals surface area contributed by atoms with E-state index in [0.29, 0.717) is 5.54 Å². The molecular weight excluding hydrogens is 212 g/mol. The van der Waals surface area contributed by atoms with E-state index in [2.05, 4.69) is 17.6 Å². The lowest BCUT2D eigenvalue weighted by Gasteiger charge is -2.29. The fourth-order valence-electron chi connectivity index (χ4n) is 2.81. The van der Waals surface area contributed by atoms with Crippen molar-refractivity contribution in [3.8, 4) is 0 Å². The lowest BCUT2D eigenvalue weighted by atomic mass is 9.92. The van der Waals surface area contributed by atoms with Crippen LogP contribution in [0.3, 0.4) is 0 Å². The van der Waals surface area contributed by atoms with E-state index in [1.807, 2.05) is 0 Å². The molecule has 1 saturated heterocycles. The van der Waals surface area contributed by atoms with Crippen LogP contribution in [-0.4, -0.2) is 38.4 Å². The Morgan fingerprint density at radius 3 is 2.94 bits per heavy atom. The zero-order chi connectivity index (χ0) is 12.0. The Balaban J connectivity index is 1.52. The Morgan fingerprint density at radius 2 is 2.29 bits per heavy atom. The predicted octanol–water partition coefficient (Wildman–Crippen LogP) is 1.92. The summed E-state index contributed by atoms with van der Waals surface area (Å²) in [6.07, 6.45) is 8.00. The maximum absolute atomic E-state index is 5.63. The molecule has 1 saturated carbocycles. The van der Waals surface area contributed by atoms with Gasteiger partial charge in [-0.2, -0.15) is 0 Å². The molecule has 0 bridgehead atoms. The standard InChI is InChI=1S/C14H28N2O/c1-2-6-14(7-3-8-16-14)12-15-9-10-17-11-13-4-5-13/h13,15-16H,2-12H2,1H3. The molecule has 0 aromatic rings. The van der Waals surface area contributed by atoms with E-state index >= 15 is 0 Å². The number of nitrogens with one attached hydrogen (secondary N) is 2. The van der Waals surface area contributed by atoms with E-state index in [1.54, 1.807) is 0 Å². The molecule has 1 aliphatic carbocycles. The van der Waals surface area contributed by atoms with Crippen molar-refractivity contribution in [2.75, 3.05) is 32.8 Å². The van der Waals surface area contributed by atoms with Gasteiger partial charge in [-0.15, -0.1) is 0 Å². The molecule has 0 amide bonds. The summed E-state index contributed by atoms with van der Waals surface area (Å²) in [5, 5.41) is 7.25. The molecule has 1 atom stereocenters. The van der Waals surface area contributed by atoms with Gasteiger partial charge < -0.3 is 15.4 Å². The largest absolute Gasteiger partial charge is 0.380 e. The Bertz CT molecular complexity index is 210. The molecule has 0 radical (unpaired) electrons. The summed E-state index contributed by atoms with van der Waals surface area (Å²) in [6, 6.07) is 0. The Labute approximate surface area is 106 Å². The number of hydrogen-bond donors (Lipinski definition) is 2. The van der Waals surface area contributed by atoms with Crippen LogP contribution >= 0.6 is 0 Å². The lowest BCUT2D eigenvalue weighted by Crippen LogP contribution is -2.48. The number of hydrogen-bond acceptors (Lipinski definition) is 3. The van der Waals surface area contributed by atoms with Crippen molar-refractivity contribution in [2.24, 2.45) is 5.92 Å². The van der Waals surface area contributed by atoms with Crippen LogP contribution in [0.25, 0.3) is 0 Å². The maximum atomic E-state index is 5.63. The van der Waals surface area contributed by atoms with E-state index in [0.717, 1.165) is 32.2 Å². The molecule has 0 aromatic carbocycles. The van der Waals surface area contributed by atoms with Gasteiger partial charge >= 0.3 is 0 Å². The second-order valence-electron chi connectivity index (χ2n) is 5.76. The molecule has 3 heteroatoms. The van der Waals surface area contributed by atoms with Crippen LogP contribution in [0.5, 0.6) is 0 Å². The molecule has 2 rings (SSSR count). The molecule has 1 unspecified atom stereocenters. The van der Waals surface area contributed by atoms with Crippen molar-refractivity contribution in [3.05, 3.63) is 0 Å². The van der Waals surface area contributed by atoms with Gasteiger partial charge in [0.2, 0.25) is 0 Å². The zero-order valence-electron chi connectivity index (χ0n) is 11.3. The van der Waals surface area contributed by atoms with Gasteiger partial charge in [0, 0.05) is 25.2 Å². The molecule has 2 aliphatic rings. The predicted molar refractivity (Wildman–Crippen MR) is 71.3 cm³/mol. The third kappa shape index (κ3) is 4.57. The van der Waals surface area contributed by atoms with Gasteiger partial charge in [0.15, 0.2) is 0 Å². The van der Waals surface area contributed by atoms with Gasteiger partial charge in [-0.25, -0.2) is 0 Å². The molecular formula is C14H28N2O. The van der Waals surface area contributed by atoms with Crippen LogP contribution in [0.15, 0.2) is 0 Å². The normalized spacial score (nSPS) is 28.8. The third-order valence-electron chi connectivity index (χ3n) is 4.00. The highest BCUT2D eigenvalue weighted by molar-refractivity contribution is 4.94. The number of rotatable bonds is 9. The molecule has 3 nitrogen and oxygen atoms in total. The quantitative estimate of drug-likeness (QED) is 0.604. The molecule has 2 fully saturated rings. The fraction of sp³-hybridized carbons (Fsp3) is 1.00. The molecule has 17 heavy (non-hydrogen) atoms. The first kappa shape index (κ1) is 13.3. The second-order valence-corrected chi connectivity index (χ2v) is 5.76. The van der Waals surface area contributed by atoms with Crippen molar-refractivity contribution >= 4 is 0 Å². The first-order chi connectivity index (χ1) is 8.35. The highest BCUT2D eigenvalue weighted by atomic mass is 16.5.